The highest BCUT2D eigenvalue weighted by atomic mass is 32.1. The van der Waals surface area contributed by atoms with Crippen LogP contribution in [0.4, 0.5) is 0 Å². The first-order valence-electron chi connectivity index (χ1n) is 19.2. The molecule has 0 saturated carbocycles. The fourth-order valence-corrected chi connectivity index (χ4v) is 8.43. The Labute approximate surface area is 342 Å². The van der Waals surface area contributed by atoms with Gasteiger partial charge in [-0.2, -0.15) is 0 Å². The summed E-state index contributed by atoms with van der Waals surface area (Å²) in [4.78, 5) is 25.4. The maximum atomic E-state index is 4.99. The summed E-state index contributed by atoms with van der Waals surface area (Å²) in [5, 5.41) is 13.0. The third kappa shape index (κ3) is 6.55. The predicted molar refractivity (Wildman–Crippen MR) is 237 cm³/mol. The molecule has 276 valence electrons. The molecule has 0 unspecified atom stereocenters. The zero-order chi connectivity index (χ0) is 39.1. The third-order valence-corrected chi connectivity index (χ3v) is 11.5. The molecule has 8 nitrogen and oxygen atoms in total. The Kier molecular flexibility index (Phi) is 8.49. The highest BCUT2D eigenvalue weighted by Crippen LogP contribution is 2.37. The topological polar surface area (TPSA) is 103 Å². The molecule has 9 heteroatoms. The molecule has 0 radical (unpaired) electrons. The average Bonchev–Trinajstić information content (AvgIpc) is 3.69. The van der Waals surface area contributed by atoms with E-state index in [1.54, 1.807) is 11.3 Å². The number of aromatic nitrogens is 8. The molecule has 11 rings (SSSR count). The van der Waals surface area contributed by atoms with Crippen molar-refractivity contribution in [3.05, 3.63) is 182 Å². The summed E-state index contributed by atoms with van der Waals surface area (Å²) in [6.07, 6.45) is 0. The van der Waals surface area contributed by atoms with Crippen molar-refractivity contribution in [2.75, 3.05) is 0 Å². The van der Waals surface area contributed by atoms with E-state index in [0.717, 1.165) is 87.4 Å². The van der Waals surface area contributed by atoms with Gasteiger partial charge in [0.25, 0.3) is 0 Å². The largest absolute Gasteiger partial charge is 0.241 e. The highest BCUT2D eigenvalue weighted by Gasteiger charge is 2.18. The minimum absolute atomic E-state index is 0.620. The quantitative estimate of drug-likeness (QED) is 0.158. The standard InChI is InChI=1S/C50H30N8S/c1-3-10-31(11-4-1)32-20-26-37(27-21-32)48-53-47(36-12-5-2-6-13-36)54-49(55-48)38-28-22-34(23-29-38)40-15-9-14-39(30-40)33-18-24-35(25-19-33)43-46-44(57-58-56-43)45-50(59-46)52-42-17-8-7-16-41(42)51-45/h1-30H. The molecule has 4 aromatic heterocycles. The van der Waals surface area contributed by atoms with Gasteiger partial charge in [0.2, 0.25) is 0 Å². The second kappa shape index (κ2) is 14.6. The van der Waals surface area contributed by atoms with Crippen LogP contribution in [0.5, 0.6) is 0 Å². The predicted octanol–water partition coefficient (Wildman–Crippen LogP) is 12.0. The van der Waals surface area contributed by atoms with Crippen LogP contribution in [0, 0.1) is 0 Å². The zero-order valence-electron chi connectivity index (χ0n) is 31.3. The van der Waals surface area contributed by atoms with Crippen molar-refractivity contribution < 1.29 is 0 Å². The maximum Gasteiger partial charge on any atom is 0.164 e. The Morgan fingerprint density at radius 1 is 0.305 bits per heavy atom. The Bertz CT molecular complexity index is 3300. The summed E-state index contributed by atoms with van der Waals surface area (Å²) in [6, 6.07) is 62.1. The Hall–Kier alpha value is -7.88. The Morgan fingerprint density at radius 3 is 1.31 bits per heavy atom. The second-order valence-corrected chi connectivity index (χ2v) is 15.1. The van der Waals surface area contributed by atoms with Gasteiger partial charge >= 0.3 is 0 Å². The van der Waals surface area contributed by atoms with E-state index in [-0.39, 0.29) is 0 Å². The van der Waals surface area contributed by atoms with Crippen LogP contribution < -0.4 is 0 Å². The van der Waals surface area contributed by atoms with Crippen LogP contribution in [0.15, 0.2) is 182 Å². The van der Waals surface area contributed by atoms with Crippen LogP contribution in [0.25, 0.3) is 110 Å². The fraction of sp³-hybridized carbons (Fsp3) is 0. The number of hydrogen-bond donors (Lipinski definition) is 0. The number of rotatable bonds is 7. The molecule has 0 N–H and O–H groups in total. The lowest BCUT2D eigenvalue weighted by Crippen LogP contribution is -2.00. The van der Waals surface area contributed by atoms with E-state index >= 15 is 0 Å². The minimum atomic E-state index is 0.620. The lowest BCUT2D eigenvalue weighted by Gasteiger charge is -2.10. The number of thiophene rings is 1. The maximum absolute atomic E-state index is 4.99. The monoisotopic (exact) mass is 774 g/mol. The van der Waals surface area contributed by atoms with Crippen molar-refractivity contribution in [2.24, 2.45) is 0 Å². The number of benzene rings is 7. The van der Waals surface area contributed by atoms with Gasteiger partial charge in [-0.3, -0.25) is 0 Å². The van der Waals surface area contributed by atoms with Gasteiger partial charge in [-0.25, -0.2) is 24.9 Å². The molecule has 0 fully saturated rings. The minimum Gasteiger partial charge on any atom is -0.241 e. The lowest BCUT2D eigenvalue weighted by atomic mass is 9.97. The van der Waals surface area contributed by atoms with Crippen molar-refractivity contribution in [2.45, 2.75) is 0 Å². The van der Waals surface area contributed by atoms with E-state index in [0.29, 0.717) is 17.5 Å². The normalized spacial score (nSPS) is 11.4. The molecular weight excluding hydrogens is 745 g/mol. The van der Waals surface area contributed by atoms with E-state index in [2.05, 4.69) is 137 Å². The number of nitrogens with zero attached hydrogens (tertiary/aromatic N) is 8. The molecule has 11 aromatic rings. The Morgan fingerprint density at radius 2 is 0.729 bits per heavy atom. The molecule has 0 amide bonds. The van der Waals surface area contributed by atoms with Crippen LogP contribution in [0.1, 0.15) is 0 Å². The highest BCUT2D eigenvalue weighted by molar-refractivity contribution is 7.25. The summed E-state index contributed by atoms with van der Waals surface area (Å²) in [5.74, 6) is 1.88. The van der Waals surface area contributed by atoms with Crippen LogP contribution in [-0.2, 0) is 0 Å². The smallest absolute Gasteiger partial charge is 0.164 e. The van der Waals surface area contributed by atoms with Gasteiger partial charge in [0, 0.05) is 22.3 Å². The van der Waals surface area contributed by atoms with Gasteiger partial charge < -0.3 is 0 Å². The van der Waals surface area contributed by atoms with E-state index in [1.807, 2.05) is 60.7 Å². The molecular formula is C50H30N8S. The third-order valence-electron chi connectivity index (χ3n) is 10.4. The van der Waals surface area contributed by atoms with Crippen LogP contribution in [0.2, 0.25) is 0 Å². The zero-order valence-corrected chi connectivity index (χ0v) is 32.1. The lowest BCUT2D eigenvalue weighted by molar-refractivity contribution is 0.904. The van der Waals surface area contributed by atoms with Gasteiger partial charge in [0.15, 0.2) is 17.5 Å². The molecule has 0 bridgehead atoms. The summed E-state index contributed by atoms with van der Waals surface area (Å²) in [6.45, 7) is 0. The molecule has 0 saturated heterocycles. The summed E-state index contributed by atoms with van der Waals surface area (Å²) in [5.41, 5.74) is 14.4. The summed E-state index contributed by atoms with van der Waals surface area (Å²) >= 11 is 1.55. The average molecular weight is 775 g/mol. The van der Waals surface area contributed by atoms with E-state index in [4.69, 9.17) is 24.9 Å². The van der Waals surface area contributed by atoms with Crippen molar-refractivity contribution in [1.82, 2.24) is 40.3 Å². The van der Waals surface area contributed by atoms with Crippen LogP contribution in [0.3, 0.4) is 0 Å². The summed E-state index contributed by atoms with van der Waals surface area (Å²) in [7, 11) is 0. The molecule has 7 aromatic carbocycles. The number of para-hydroxylation sites is 2. The first kappa shape index (κ1) is 34.4. The second-order valence-electron chi connectivity index (χ2n) is 14.1. The van der Waals surface area contributed by atoms with Crippen molar-refractivity contribution in [3.8, 4) is 78.8 Å². The molecule has 0 spiro atoms. The first-order valence-corrected chi connectivity index (χ1v) is 20.0. The number of fused-ring (bicyclic) bond motifs is 4. The number of hydrogen-bond acceptors (Lipinski definition) is 9. The SMILES string of the molecule is c1ccc(-c2ccc(-c3nc(-c4ccccc4)nc(-c4ccc(-c5cccc(-c6ccc(-c7nnnc8c7sc7nc9ccccc9nc78)cc6)c5)cc4)n3)cc2)cc1. The van der Waals surface area contributed by atoms with Gasteiger partial charge in [0.1, 0.15) is 21.6 Å². The van der Waals surface area contributed by atoms with E-state index < -0.39 is 0 Å². The Balaban J connectivity index is 0.882. The van der Waals surface area contributed by atoms with Crippen LogP contribution in [-0.4, -0.2) is 40.3 Å². The van der Waals surface area contributed by atoms with E-state index in [9.17, 15) is 0 Å². The molecule has 0 aliphatic heterocycles. The molecule has 0 atom stereocenters. The fourth-order valence-electron chi connectivity index (χ4n) is 7.36. The molecule has 59 heavy (non-hydrogen) atoms. The molecule has 0 aliphatic rings. The van der Waals surface area contributed by atoms with Crippen LogP contribution >= 0.6 is 11.3 Å². The summed E-state index contributed by atoms with van der Waals surface area (Å²) < 4.78 is 0.922. The first-order chi connectivity index (χ1) is 29.2. The van der Waals surface area contributed by atoms with Gasteiger partial charge in [-0.15, -0.1) is 21.5 Å². The van der Waals surface area contributed by atoms with Gasteiger partial charge in [-0.1, -0.05) is 164 Å². The van der Waals surface area contributed by atoms with Crippen molar-refractivity contribution in [1.29, 1.82) is 0 Å². The molecule has 0 aliphatic carbocycles. The van der Waals surface area contributed by atoms with Gasteiger partial charge in [-0.05, 0) is 56.8 Å². The van der Waals surface area contributed by atoms with Gasteiger partial charge in [0.05, 0.1) is 15.7 Å². The van der Waals surface area contributed by atoms with Crippen molar-refractivity contribution in [3.63, 3.8) is 0 Å². The molecule has 4 heterocycles. The van der Waals surface area contributed by atoms with Crippen molar-refractivity contribution >= 4 is 42.9 Å². The van der Waals surface area contributed by atoms with E-state index in [1.165, 1.54) is 5.56 Å².